The van der Waals surface area contributed by atoms with E-state index in [1.807, 2.05) is 0 Å². The van der Waals surface area contributed by atoms with Crippen molar-refractivity contribution in [1.82, 2.24) is 10.6 Å². The molecule has 2 aliphatic heterocycles. The minimum atomic E-state index is -0.00737. The van der Waals surface area contributed by atoms with E-state index in [-0.39, 0.29) is 5.60 Å². The van der Waals surface area contributed by atoms with Gasteiger partial charge in [-0.15, -0.1) is 0 Å². The van der Waals surface area contributed by atoms with Crippen LogP contribution < -0.4 is 15.4 Å². The first-order valence-electron chi connectivity index (χ1n) is 5.98. The number of nitrogens with one attached hydrogen (secondary N) is 2. The van der Waals surface area contributed by atoms with Crippen LogP contribution in [0.5, 0.6) is 5.75 Å². The van der Waals surface area contributed by atoms with E-state index < -0.39 is 0 Å². The van der Waals surface area contributed by atoms with Gasteiger partial charge in [-0.3, -0.25) is 0 Å². The van der Waals surface area contributed by atoms with Gasteiger partial charge in [0, 0.05) is 25.2 Å². The number of hydrogen-bond donors (Lipinski definition) is 2. The number of fused-ring (bicyclic) bond motifs is 1. The van der Waals surface area contributed by atoms with Crippen LogP contribution in [0.3, 0.4) is 0 Å². The van der Waals surface area contributed by atoms with Crippen molar-refractivity contribution >= 4 is 0 Å². The van der Waals surface area contributed by atoms with Crippen LogP contribution in [0.25, 0.3) is 0 Å². The summed E-state index contributed by atoms with van der Waals surface area (Å²) in [6.45, 7) is 6.08. The molecule has 86 valence electrons. The molecule has 0 atom stereocenters. The van der Waals surface area contributed by atoms with Crippen molar-refractivity contribution in [1.29, 1.82) is 0 Å². The summed E-state index contributed by atoms with van der Waals surface area (Å²) >= 11 is 0. The number of benzene rings is 1. The van der Waals surface area contributed by atoms with E-state index in [2.05, 4.69) is 35.8 Å². The van der Waals surface area contributed by atoms with Gasteiger partial charge in [0.25, 0.3) is 0 Å². The quantitative estimate of drug-likeness (QED) is 0.779. The summed E-state index contributed by atoms with van der Waals surface area (Å²) < 4.78 is 6.13. The molecule has 1 fully saturated rings. The lowest BCUT2D eigenvalue weighted by Gasteiger charge is -2.40. The topological polar surface area (TPSA) is 33.3 Å². The zero-order valence-corrected chi connectivity index (χ0v) is 9.68. The van der Waals surface area contributed by atoms with Crippen molar-refractivity contribution in [3.63, 3.8) is 0 Å². The molecule has 0 bridgehead atoms. The first-order valence-corrected chi connectivity index (χ1v) is 5.98. The molecule has 1 saturated heterocycles. The maximum Gasteiger partial charge on any atom is 0.131 e. The molecule has 1 aromatic carbocycles. The van der Waals surface area contributed by atoms with Crippen molar-refractivity contribution in [2.75, 3.05) is 19.6 Å². The molecule has 3 heteroatoms. The molecular formula is C13H18N2O. The molecule has 2 N–H and O–H groups in total. The third-order valence-corrected chi connectivity index (χ3v) is 3.46. The molecule has 0 saturated carbocycles. The van der Waals surface area contributed by atoms with Crippen LogP contribution in [0.4, 0.5) is 0 Å². The molecule has 16 heavy (non-hydrogen) atoms. The second-order valence-corrected chi connectivity index (χ2v) is 4.98. The highest BCUT2D eigenvalue weighted by Gasteiger charge is 2.34. The standard InChI is InChI=1S/C13H18N2O/c1-13(8-15-9-13)16-12-4-2-3-10-5-6-14-7-11(10)12/h2-4,14-15H,5-9H2,1H3. The summed E-state index contributed by atoms with van der Waals surface area (Å²) in [5, 5.41) is 6.67. The van der Waals surface area contributed by atoms with E-state index in [4.69, 9.17) is 4.74 Å². The van der Waals surface area contributed by atoms with E-state index >= 15 is 0 Å². The van der Waals surface area contributed by atoms with E-state index in [1.54, 1.807) is 0 Å². The second-order valence-electron chi connectivity index (χ2n) is 4.98. The highest BCUT2D eigenvalue weighted by molar-refractivity contribution is 5.42. The first kappa shape index (κ1) is 10.1. The fraction of sp³-hybridized carbons (Fsp3) is 0.538. The Morgan fingerprint density at radius 2 is 2.12 bits per heavy atom. The van der Waals surface area contributed by atoms with E-state index in [9.17, 15) is 0 Å². The Hall–Kier alpha value is -1.06. The molecule has 2 heterocycles. The zero-order chi connectivity index (χ0) is 11.0. The normalized spacial score (nSPS) is 22.1. The van der Waals surface area contributed by atoms with Gasteiger partial charge in [0.2, 0.25) is 0 Å². The summed E-state index contributed by atoms with van der Waals surface area (Å²) in [6.07, 6.45) is 1.11. The van der Waals surface area contributed by atoms with Crippen molar-refractivity contribution < 1.29 is 4.74 Å². The van der Waals surface area contributed by atoms with Gasteiger partial charge in [0.05, 0.1) is 0 Å². The Bertz CT molecular complexity index is 399. The fourth-order valence-electron chi connectivity index (χ4n) is 2.39. The first-order chi connectivity index (χ1) is 7.77. The third-order valence-electron chi connectivity index (χ3n) is 3.46. The van der Waals surface area contributed by atoms with Crippen LogP contribution in [-0.2, 0) is 13.0 Å². The molecule has 0 radical (unpaired) electrons. The van der Waals surface area contributed by atoms with E-state index in [0.29, 0.717) is 0 Å². The smallest absolute Gasteiger partial charge is 0.131 e. The van der Waals surface area contributed by atoms with Crippen LogP contribution in [-0.4, -0.2) is 25.2 Å². The summed E-state index contributed by atoms with van der Waals surface area (Å²) in [6, 6.07) is 6.41. The van der Waals surface area contributed by atoms with Gasteiger partial charge in [-0.1, -0.05) is 12.1 Å². The molecule has 1 aromatic rings. The second kappa shape index (κ2) is 3.75. The summed E-state index contributed by atoms with van der Waals surface area (Å²) in [4.78, 5) is 0. The Morgan fingerprint density at radius 3 is 2.88 bits per heavy atom. The minimum absolute atomic E-state index is 0.00737. The Balaban J connectivity index is 1.88. The number of rotatable bonds is 2. The van der Waals surface area contributed by atoms with Gasteiger partial charge in [0.15, 0.2) is 0 Å². The van der Waals surface area contributed by atoms with Gasteiger partial charge in [0.1, 0.15) is 11.4 Å². The molecule has 0 aromatic heterocycles. The lowest BCUT2D eigenvalue weighted by molar-refractivity contribution is 0.0337. The largest absolute Gasteiger partial charge is 0.485 e. The Labute approximate surface area is 96.2 Å². The number of hydrogen-bond acceptors (Lipinski definition) is 3. The summed E-state index contributed by atoms with van der Waals surface area (Å²) in [5.74, 6) is 1.06. The lowest BCUT2D eigenvalue weighted by atomic mass is 9.97. The molecular weight excluding hydrogens is 200 g/mol. The van der Waals surface area contributed by atoms with Crippen molar-refractivity contribution in [3.05, 3.63) is 29.3 Å². The predicted molar refractivity (Wildman–Crippen MR) is 63.8 cm³/mol. The molecule has 3 nitrogen and oxygen atoms in total. The SMILES string of the molecule is CC1(Oc2cccc3c2CNCC3)CNC1. The van der Waals surface area contributed by atoms with Gasteiger partial charge >= 0.3 is 0 Å². The summed E-state index contributed by atoms with van der Waals surface area (Å²) in [5.41, 5.74) is 2.78. The summed E-state index contributed by atoms with van der Waals surface area (Å²) in [7, 11) is 0. The van der Waals surface area contributed by atoms with E-state index in [0.717, 1.165) is 38.3 Å². The highest BCUT2D eigenvalue weighted by Crippen LogP contribution is 2.29. The van der Waals surface area contributed by atoms with Crippen LogP contribution in [0.1, 0.15) is 18.1 Å². The van der Waals surface area contributed by atoms with Gasteiger partial charge in [-0.2, -0.15) is 0 Å². The Morgan fingerprint density at radius 1 is 1.25 bits per heavy atom. The van der Waals surface area contributed by atoms with Crippen LogP contribution in [0.15, 0.2) is 18.2 Å². The lowest BCUT2D eigenvalue weighted by Crippen LogP contribution is -2.61. The van der Waals surface area contributed by atoms with Gasteiger partial charge < -0.3 is 15.4 Å². The average Bonchev–Trinajstić information content (AvgIpc) is 2.27. The maximum absolute atomic E-state index is 6.13. The molecule has 0 aliphatic carbocycles. The predicted octanol–water partition coefficient (Wildman–Crippen LogP) is 1.07. The van der Waals surface area contributed by atoms with Crippen LogP contribution >= 0.6 is 0 Å². The van der Waals surface area contributed by atoms with Gasteiger partial charge in [-0.25, -0.2) is 0 Å². The van der Waals surface area contributed by atoms with E-state index in [1.165, 1.54) is 11.1 Å². The van der Waals surface area contributed by atoms with Gasteiger partial charge in [-0.05, 0) is 31.5 Å². The van der Waals surface area contributed by atoms with Crippen molar-refractivity contribution in [3.8, 4) is 5.75 Å². The van der Waals surface area contributed by atoms with Crippen molar-refractivity contribution in [2.24, 2.45) is 0 Å². The zero-order valence-electron chi connectivity index (χ0n) is 9.68. The molecule has 3 rings (SSSR count). The highest BCUT2D eigenvalue weighted by atomic mass is 16.5. The van der Waals surface area contributed by atoms with Crippen molar-refractivity contribution in [2.45, 2.75) is 25.5 Å². The minimum Gasteiger partial charge on any atom is -0.485 e. The number of ether oxygens (including phenoxy) is 1. The molecule has 0 unspecified atom stereocenters. The van der Waals surface area contributed by atoms with Crippen LogP contribution in [0, 0.1) is 0 Å². The fourth-order valence-corrected chi connectivity index (χ4v) is 2.39. The maximum atomic E-state index is 6.13. The molecule has 0 spiro atoms. The Kier molecular flexibility index (Phi) is 2.37. The molecule has 2 aliphatic rings. The molecule has 0 amide bonds. The average molecular weight is 218 g/mol. The monoisotopic (exact) mass is 218 g/mol. The van der Waals surface area contributed by atoms with Crippen LogP contribution in [0.2, 0.25) is 0 Å². The third kappa shape index (κ3) is 1.70.